The minimum absolute atomic E-state index is 1.32. The summed E-state index contributed by atoms with van der Waals surface area (Å²) in [6.07, 6.45) is 2.71. The number of rotatable bonds is 2. The van der Waals surface area contributed by atoms with Crippen LogP contribution in [0.1, 0.15) is 0 Å². The molecular formula is C3H4IN3. The van der Waals surface area contributed by atoms with E-state index in [1.807, 2.05) is 22.9 Å². The van der Waals surface area contributed by atoms with E-state index in [1.165, 1.54) is 12.7 Å². The number of hydrogen-bond acceptors (Lipinski definition) is 1. The molecule has 0 atom stereocenters. The van der Waals surface area contributed by atoms with Gasteiger partial charge in [-0.2, -0.15) is 0 Å². The van der Waals surface area contributed by atoms with E-state index in [1.54, 1.807) is 0 Å². The molecule has 0 rings (SSSR count). The quantitative estimate of drug-likeness (QED) is 0.371. The van der Waals surface area contributed by atoms with Gasteiger partial charge in [-0.15, -0.1) is 0 Å². The first-order valence-corrected chi connectivity index (χ1v) is 2.48. The molecule has 0 amide bonds. The Morgan fingerprint density at radius 3 is 2.57 bits per heavy atom. The van der Waals surface area contributed by atoms with Crippen LogP contribution in [-0.4, -0.2) is 19.4 Å². The number of aliphatic imine (C=N–C) groups is 2. The highest BCUT2D eigenvalue weighted by Crippen LogP contribution is 1.76. The van der Waals surface area contributed by atoms with Crippen molar-refractivity contribution in [1.82, 2.24) is 0 Å². The Morgan fingerprint density at radius 1 is 1.43 bits per heavy atom. The molecule has 0 saturated heterocycles. The summed E-state index contributed by atoms with van der Waals surface area (Å²) < 4.78 is 3.53. The second-order valence-corrected chi connectivity index (χ2v) is 1.22. The first-order valence-electron chi connectivity index (χ1n) is 1.52. The lowest BCUT2D eigenvalue weighted by Crippen LogP contribution is -1.62. The SMILES string of the molecule is C=NC=NC=NI. The predicted molar refractivity (Wildman–Crippen MR) is 40.6 cm³/mol. The fourth-order valence-corrected chi connectivity index (χ4v) is 0.246. The standard InChI is InChI=1S/C3H4IN3/c1-5-2-6-3-7-4/h2-3H,1H2. The third-order valence-electron chi connectivity index (χ3n) is 0.259. The monoisotopic (exact) mass is 209 g/mol. The van der Waals surface area contributed by atoms with Gasteiger partial charge < -0.3 is 0 Å². The predicted octanol–water partition coefficient (Wildman–Crippen LogP) is 1.09. The molecule has 0 aromatic rings. The maximum Gasteiger partial charge on any atom is 0.123 e. The Bertz CT molecular complexity index is 96.4. The zero-order chi connectivity index (χ0) is 5.54. The van der Waals surface area contributed by atoms with Crippen LogP contribution >= 0.6 is 22.9 Å². The minimum atomic E-state index is 1.32. The fraction of sp³-hybridized carbons (Fsp3) is 0. The molecule has 0 bridgehead atoms. The van der Waals surface area contributed by atoms with Gasteiger partial charge in [0, 0.05) is 0 Å². The Balaban J connectivity index is 3.27. The van der Waals surface area contributed by atoms with Gasteiger partial charge in [0.15, 0.2) is 0 Å². The Hall–Kier alpha value is -0.260. The second-order valence-electron chi connectivity index (χ2n) is 0.660. The lowest BCUT2D eigenvalue weighted by Gasteiger charge is -1.65. The third kappa shape index (κ3) is 5.74. The molecule has 3 nitrogen and oxygen atoms in total. The minimum Gasteiger partial charge on any atom is -0.253 e. The summed E-state index contributed by atoms with van der Waals surface area (Å²) in [6.45, 7) is 3.17. The van der Waals surface area contributed by atoms with Gasteiger partial charge in [0.2, 0.25) is 0 Å². The van der Waals surface area contributed by atoms with Crippen molar-refractivity contribution in [2.24, 2.45) is 13.2 Å². The average molecular weight is 209 g/mol. The van der Waals surface area contributed by atoms with Gasteiger partial charge in [0.1, 0.15) is 12.7 Å². The van der Waals surface area contributed by atoms with Crippen molar-refractivity contribution in [1.29, 1.82) is 0 Å². The zero-order valence-corrected chi connectivity index (χ0v) is 5.74. The summed E-state index contributed by atoms with van der Waals surface area (Å²) in [5, 5.41) is 0. The van der Waals surface area contributed by atoms with E-state index in [0.717, 1.165) is 0 Å². The highest BCUT2D eigenvalue weighted by molar-refractivity contribution is 14.1. The molecule has 0 aromatic heterocycles. The second kappa shape index (κ2) is 5.74. The van der Waals surface area contributed by atoms with Crippen LogP contribution in [0.25, 0.3) is 0 Å². The lowest BCUT2D eigenvalue weighted by molar-refractivity contribution is 1.71. The van der Waals surface area contributed by atoms with E-state index in [0.29, 0.717) is 0 Å². The van der Waals surface area contributed by atoms with E-state index < -0.39 is 0 Å². The van der Waals surface area contributed by atoms with Crippen molar-refractivity contribution in [3.05, 3.63) is 0 Å². The largest absolute Gasteiger partial charge is 0.253 e. The summed E-state index contributed by atoms with van der Waals surface area (Å²) in [7, 11) is 0. The van der Waals surface area contributed by atoms with Crippen LogP contribution < -0.4 is 0 Å². The molecule has 0 saturated carbocycles. The smallest absolute Gasteiger partial charge is 0.123 e. The summed E-state index contributed by atoms with van der Waals surface area (Å²) >= 11 is 1.82. The van der Waals surface area contributed by atoms with Gasteiger partial charge in [-0.3, -0.25) is 4.99 Å². The molecule has 7 heavy (non-hydrogen) atoms. The van der Waals surface area contributed by atoms with Gasteiger partial charge in [0.05, 0.1) is 22.9 Å². The highest BCUT2D eigenvalue weighted by Gasteiger charge is 1.54. The van der Waals surface area contributed by atoms with Crippen molar-refractivity contribution < 1.29 is 0 Å². The molecule has 4 heteroatoms. The van der Waals surface area contributed by atoms with Crippen LogP contribution in [-0.2, 0) is 0 Å². The first kappa shape index (κ1) is 6.74. The molecule has 0 aromatic carbocycles. The van der Waals surface area contributed by atoms with Crippen LogP contribution in [0.5, 0.6) is 0 Å². The van der Waals surface area contributed by atoms with Gasteiger partial charge in [-0.1, -0.05) is 0 Å². The number of nitrogens with zero attached hydrogens (tertiary/aromatic N) is 3. The van der Waals surface area contributed by atoms with E-state index in [4.69, 9.17) is 0 Å². The van der Waals surface area contributed by atoms with Crippen LogP contribution in [0.15, 0.2) is 13.2 Å². The van der Waals surface area contributed by atoms with Crippen LogP contribution in [0, 0.1) is 0 Å². The summed E-state index contributed by atoms with van der Waals surface area (Å²) in [6, 6.07) is 0. The third-order valence-corrected chi connectivity index (χ3v) is 0.508. The van der Waals surface area contributed by atoms with Gasteiger partial charge in [0.25, 0.3) is 0 Å². The van der Waals surface area contributed by atoms with Crippen molar-refractivity contribution in [2.45, 2.75) is 0 Å². The van der Waals surface area contributed by atoms with Crippen LogP contribution in [0.3, 0.4) is 0 Å². The zero-order valence-electron chi connectivity index (χ0n) is 3.58. The Kier molecular flexibility index (Phi) is 5.53. The number of halogens is 1. The van der Waals surface area contributed by atoms with Crippen LogP contribution in [0.2, 0.25) is 0 Å². The summed E-state index contributed by atoms with van der Waals surface area (Å²) in [5.41, 5.74) is 0. The average Bonchev–Trinajstić information content (AvgIpc) is 1.69. The molecular weight excluding hydrogens is 205 g/mol. The van der Waals surface area contributed by atoms with E-state index in [9.17, 15) is 0 Å². The first-order chi connectivity index (χ1) is 3.41. The van der Waals surface area contributed by atoms with Crippen molar-refractivity contribution in [3.8, 4) is 0 Å². The molecule has 0 N–H and O–H groups in total. The van der Waals surface area contributed by atoms with E-state index in [2.05, 4.69) is 19.9 Å². The van der Waals surface area contributed by atoms with E-state index in [-0.39, 0.29) is 0 Å². The van der Waals surface area contributed by atoms with Crippen LogP contribution in [0.4, 0.5) is 0 Å². The van der Waals surface area contributed by atoms with Crippen molar-refractivity contribution in [2.75, 3.05) is 0 Å². The maximum absolute atomic E-state index is 3.56. The van der Waals surface area contributed by atoms with E-state index >= 15 is 0 Å². The van der Waals surface area contributed by atoms with Crippen molar-refractivity contribution in [3.63, 3.8) is 0 Å². The molecule has 0 spiro atoms. The molecule has 0 radical (unpaired) electrons. The van der Waals surface area contributed by atoms with Gasteiger partial charge in [-0.05, 0) is 6.72 Å². The fourth-order valence-electron chi connectivity index (χ4n) is 0.102. The molecule has 38 valence electrons. The Labute approximate surface area is 55.8 Å². The lowest BCUT2D eigenvalue weighted by atomic mass is 11.2. The maximum atomic E-state index is 3.56. The van der Waals surface area contributed by atoms with Gasteiger partial charge in [-0.25, -0.2) is 8.20 Å². The molecule has 0 aliphatic heterocycles. The van der Waals surface area contributed by atoms with Gasteiger partial charge >= 0.3 is 0 Å². The summed E-state index contributed by atoms with van der Waals surface area (Å²) in [5.74, 6) is 0. The van der Waals surface area contributed by atoms with Crippen molar-refractivity contribution >= 4 is 42.3 Å². The Morgan fingerprint density at radius 2 is 2.14 bits per heavy atom. The normalized spacial score (nSPS) is 11.0. The molecule has 0 unspecified atom stereocenters. The summed E-state index contributed by atoms with van der Waals surface area (Å²) in [4.78, 5) is 6.89. The molecule has 0 heterocycles. The molecule has 0 aliphatic carbocycles. The highest BCUT2D eigenvalue weighted by atomic mass is 127. The number of hydrogen-bond donors (Lipinski definition) is 0. The molecule has 0 fully saturated rings. The topological polar surface area (TPSA) is 37.1 Å². The molecule has 0 aliphatic rings.